The molecule has 8 nitrogen and oxygen atoms in total. The minimum absolute atomic E-state index is 0.110. The fourth-order valence-electron chi connectivity index (χ4n) is 7.21. The standard InChI is InChI=1S/C37H53N5O3/c1-7-42(32-14-12-31(13-15-32)40(5)6)35-22-30(29-10-8-28(9-11-29)24-41-16-18-45-19-17-41)21-33(27(35)4)36(43)38-23-34-25(2)20-26(3)39-37(34)44/h8-11,20-22,31-32,36,38,43H,7,12-19,23-24H2,1-6H3,(H,39,44). The fraction of sp³-hybridized carbons (Fsp3) is 0.541. The molecule has 1 unspecified atom stereocenters. The summed E-state index contributed by atoms with van der Waals surface area (Å²) in [6, 6.07) is 16.4. The number of pyridine rings is 1. The van der Waals surface area contributed by atoms with Crippen LogP contribution in [0.2, 0.25) is 0 Å². The summed E-state index contributed by atoms with van der Waals surface area (Å²) in [7, 11) is 4.38. The van der Waals surface area contributed by atoms with Crippen molar-refractivity contribution < 1.29 is 9.84 Å². The summed E-state index contributed by atoms with van der Waals surface area (Å²) in [6.07, 6.45) is 3.77. The van der Waals surface area contributed by atoms with Gasteiger partial charge in [-0.05, 0) is 113 Å². The van der Waals surface area contributed by atoms with Crippen LogP contribution in [0.25, 0.3) is 11.1 Å². The molecule has 2 heterocycles. The van der Waals surface area contributed by atoms with E-state index in [0.717, 1.165) is 85.7 Å². The highest BCUT2D eigenvalue weighted by molar-refractivity contribution is 5.73. The molecule has 1 atom stereocenters. The maximum Gasteiger partial charge on any atom is 0.252 e. The molecule has 5 rings (SSSR count). The Kier molecular flexibility index (Phi) is 11.2. The number of nitrogens with one attached hydrogen (secondary N) is 2. The molecule has 0 bridgehead atoms. The molecule has 244 valence electrons. The minimum Gasteiger partial charge on any atom is -0.379 e. The van der Waals surface area contributed by atoms with Crippen LogP contribution in [0.4, 0.5) is 5.69 Å². The summed E-state index contributed by atoms with van der Waals surface area (Å²) in [5.41, 5.74) is 8.92. The molecule has 1 aliphatic heterocycles. The van der Waals surface area contributed by atoms with Crippen molar-refractivity contribution in [2.75, 3.05) is 51.8 Å². The molecule has 3 N–H and O–H groups in total. The molecule has 2 fully saturated rings. The molecule has 1 saturated carbocycles. The average molecular weight is 616 g/mol. The monoisotopic (exact) mass is 615 g/mol. The number of aryl methyl sites for hydroxylation is 2. The van der Waals surface area contributed by atoms with E-state index in [1.807, 2.05) is 19.9 Å². The molecular weight excluding hydrogens is 562 g/mol. The molecule has 2 aromatic carbocycles. The van der Waals surface area contributed by atoms with Gasteiger partial charge in [0.05, 0.1) is 13.2 Å². The Hall–Kier alpha value is -3.01. The van der Waals surface area contributed by atoms with Gasteiger partial charge in [-0.2, -0.15) is 0 Å². The zero-order valence-corrected chi connectivity index (χ0v) is 28.2. The van der Waals surface area contributed by atoms with Gasteiger partial charge in [-0.25, -0.2) is 0 Å². The van der Waals surface area contributed by atoms with Crippen LogP contribution < -0.4 is 15.8 Å². The second-order valence-corrected chi connectivity index (χ2v) is 13.2. The lowest BCUT2D eigenvalue weighted by Crippen LogP contribution is -2.42. The van der Waals surface area contributed by atoms with Crippen LogP contribution in [0.15, 0.2) is 47.3 Å². The molecule has 2 aliphatic rings. The molecular formula is C37H53N5O3. The summed E-state index contributed by atoms with van der Waals surface area (Å²) >= 11 is 0. The number of hydrogen-bond acceptors (Lipinski definition) is 7. The zero-order valence-electron chi connectivity index (χ0n) is 28.2. The van der Waals surface area contributed by atoms with Gasteiger partial charge in [0, 0.05) is 67.3 Å². The predicted octanol–water partition coefficient (Wildman–Crippen LogP) is 5.28. The maximum atomic E-state index is 12.7. The van der Waals surface area contributed by atoms with Gasteiger partial charge in [0.15, 0.2) is 0 Å². The van der Waals surface area contributed by atoms with Crippen LogP contribution in [0.1, 0.15) is 72.3 Å². The Balaban J connectivity index is 1.45. The van der Waals surface area contributed by atoms with Gasteiger partial charge in [-0.3, -0.25) is 15.0 Å². The summed E-state index contributed by atoms with van der Waals surface area (Å²) < 4.78 is 5.52. The number of aromatic amines is 1. The highest BCUT2D eigenvalue weighted by atomic mass is 16.5. The first-order valence-corrected chi connectivity index (χ1v) is 16.7. The molecule has 0 radical (unpaired) electrons. The number of aromatic nitrogens is 1. The van der Waals surface area contributed by atoms with Gasteiger partial charge >= 0.3 is 0 Å². The van der Waals surface area contributed by atoms with Crippen molar-refractivity contribution in [1.82, 2.24) is 20.1 Å². The number of morpholine rings is 1. The highest BCUT2D eigenvalue weighted by Gasteiger charge is 2.28. The van der Waals surface area contributed by atoms with Crippen molar-refractivity contribution in [1.29, 1.82) is 0 Å². The van der Waals surface area contributed by atoms with E-state index >= 15 is 0 Å². The number of ether oxygens (including phenoxy) is 1. The zero-order chi connectivity index (χ0) is 32.1. The number of aliphatic hydroxyl groups is 1. The Bertz CT molecular complexity index is 1470. The number of nitrogens with zero attached hydrogens (tertiary/aromatic N) is 3. The van der Waals surface area contributed by atoms with Gasteiger partial charge in [0.2, 0.25) is 0 Å². The second-order valence-electron chi connectivity index (χ2n) is 13.2. The number of hydrogen-bond donors (Lipinski definition) is 3. The number of anilines is 1. The molecule has 0 spiro atoms. The van der Waals surface area contributed by atoms with Gasteiger partial charge < -0.3 is 24.6 Å². The molecule has 1 saturated heterocycles. The minimum atomic E-state index is -0.924. The van der Waals surface area contributed by atoms with Gasteiger partial charge in [-0.1, -0.05) is 24.3 Å². The highest BCUT2D eigenvalue weighted by Crippen LogP contribution is 2.37. The fourth-order valence-corrected chi connectivity index (χ4v) is 7.21. The van der Waals surface area contributed by atoms with Crippen molar-refractivity contribution in [2.45, 2.75) is 84.8 Å². The van der Waals surface area contributed by atoms with Gasteiger partial charge in [-0.15, -0.1) is 0 Å². The average Bonchev–Trinajstić information content (AvgIpc) is 3.02. The first-order valence-electron chi connectivity index (χ1n) is 16.7. The van der Waals surface area contributed by atoms with Crippen molar-refractivity contribution in [3.8, 4) is 11.1 Å². The lowest BCUT2D eigenvalue weighted by molar-refractivity contribution is 0.0342. The maximum absolute atomic E-state index is 12.7. The number of H-pyrrole nitrogens is 1. The Morgan fingerprint density at radius 2 is 1.64 bits per heavy atom. The van der Waals surface area contributed by atoms with Gasteiger partial charge in [0.25, 0.3) is 5.56 Å². The first-order chi connectivity index (χ1) is 21.6. The SMILES string of the molecule is CCN(c1cc(-c2ccc(CN3CCOCC3)cc2)cc(C(O)NCc2c(C)cc(C)[nH]c2=O)c1C)C1CCC(N(C)C)CC1. The molecule has 3 aromatic rings. The van der Waals surface area contributed by atoms with Crippen LogP contribution >= 0.6 is 0 Å². The largest absolute Gasteiger partial charge is 0.379 e. The lowest BCUT2D eigenvalue weighted by atomic mass is 9.88. The lowest BCUT2D eigenvalue weighted by Gasteiger charge is -2.40. The van der Waals surface area contributed by atoms with E-state index in [2.05, 4.69) is 89.3 Å². The summed E-state index contributed by atoms with van der Waals surface area (Å²) in [5.74, 6) is 0. The predicted molar refractivity (Wildman–Crippen MR) is 184 cm³/mol. The number of rotatable bonds is 11. The topological polar surface area (TPSA) is 84.1 Å². The third kappa shape index (κ3) is 8.05. The molecule has 0 amide bonds. The quantitative estimate of drug-likeness (QED) is 0.253. The van der Waals surface area contributed by atoms with Crippen LogP contribution in [-0.2, 0) is 17.8 Å². The Labute approximate surface area is 269 Å². The van der Waals surface area contributed by atoms with E-state index in [4.69, 9.17) is 4.74 Å². The second kappa shape index (κ2) is 15.1. The number of aliphatic hydroxyl groups excluding tert-OH is 1. The van der Waals surface area contributed by atoms with Crippen LogP contribution in [-0.4, -0.2) is 78.9 Å². The molecule has 8 heteroatoms. The Morgan fingerprint density at radius 3 is 2.27 bits per heavy atom. The van der Waals surface area contributed by atoms with Crippen molar-refractivity contribution in [3.05, 3.63) is 86.3 Å². The molecule has 1 aliphatic carbocycles. The van der Waals surface area contributed by atoms with Crippen LogP contribution in [0.3, 0.4) is 0 Å². The van der Waals surface area contributed by atoms with Crippen molar-refractivity contribution >= 4 is 5.69 Å². The van der Waals surface area contributed by atoms with Crippen molar-refractivity contribution in [2.24, 2.45) is 0 Å². The smallest absolute Gasteiger partial charge is 0.252 e. The van der Waals surface area contributed by atoms with E-state index in [0.29, 0.717) is 17.6 Å². The van der Waals surface area contributed by atoms with E-state index in [9.17, 15) is 9.90 Å². The number of benzene rings is 2. The van der Waals surface area contributed by atoms with Crippen molar-refractivity contribution in [3.63, 3.8) is 0 Å². The van der Waals surface area contributed by atoms with E-state index in [-0.39, 0.29) is 12.1 Å². The normalized spacial score (nSPS) is 20.0. The first kappa shape index (κ1) is 33.4. The van der Waals surface area contributed by atoms with Crippen LogP contribution in [0.5, 0.6) is 0 Å². The van der Waals surface area contributed by atoms with E-state index in [1.165, 1.54) is 24.1 Å². The molecule has 1 aromatic heterocycles. The van der Waals surface area contributed by atoms with E-state index < -0.39 is 6.23 Å². The third-order valence-corrected chi connectivity index (χ3v) is 9.97. The third-order valence-electron chi connectivity index (χ3n) is 9.97. The van der Waals surface area contributed by atoms with Gasteiger partial charge in [0.1, 0.15) is 6.23 Å². The summed E-state index contributed by atoms with van der Waals surface area (Å²) in [5, 5.41) is 14.9. The van der Waals surface area contributed by atoms with E-state index in [1.54, 1.807) is 0 Å². The summed E-state index contributed by atoms with van der Waals surface area (Å²) in [6.45, 7) is 13.8. The van der Waals surface area contributed by atoms with Crippen LogP contribution in [0, 0.1) is 20.8 Å². The Morgan fingerprint density at radius 1 is 0.978 bits per heavy atom. The molecule has 45 heavy (non-hydrogen) atoms. The summed E-state index contributed by atoms with van der Waals surface area (Å²) in [4.78, 5) is 23.0.